The maximum Gasteiger partial charge on any atom is 0.257 e. The van der Waals surface area contributed by atoms with Crippen LogP contribution in [-0.2, 0) is 0 Å². The van der Waals surface area contributed by atoms with Crippen molar-refractivity contribution in [3.8, 4) is 0 Å². The fraction of sp³-hybridized carbons (Fsp3) is 0.667. The van der Waals surface area contributed by atoms with Gasteiger partial charge in [-0.1, -0.05) is 6.92 Å². The van der Waals surface area contributed by atoms with Gasteiger partial charge >= 0.3 is 0 Å². The predicted octanol–water partition coefficient (Wildman–Crippen LogP) is 3.13. The van der Waals surface area contributed by atoms with Crippen LogP contribution in [0.4, 0.5) is 0 Å². The van der Waals surface area contributed by atoms with Crippen molar-refractivity contribution in [2.45, 2.75) is 44.7 Å². The summed E-state index contributed by atoms with van der Waals surface area (Å²) in [5, 5.41) is 0. The number of carbonyl (C=O) groups is 1. The zero-order valence-corrected chi connectivity index (χ0v) is 13.4. The lowest BCUT2D eigenvalue weighted by atomic mass is 10.0. The summed E-state index contributed by atoms with van der Waals surface area (Å²) in [6, 6.07) is 2.68. The molecule has 3 heterocycles. The first kappa shape index (κ1) is 14.1. The third-order valence-electron chi connectivity index (χ3n) is 4.64. The number of amides is 1. The lowest BCUT2D eigenvalue weighted by molar-refractivity contribution is 0.0649. The van der Waals surface area contributed by atoms with E-state index in [4.69, 9.17) is 4.42 Å². The van der Waals surface area contributed by atoms with Crippen LogP contribution in [0.1, 0.15) is 43.0 Å². The largest absolute Gasteiger partial charge is 0.457 e. The summed E-state index contributed by atoms with van der Waals surface area (Å²) in [7, 11) is 0. The number of nitrogens with zero attached hydrogens (tertiary/aromatic N) is 2. The Morgan fingerprint density at radius 2 is 2.10 bits per heavy atom. The fourth-order valence-corrected chi connectivity index (χ4v) is 4.05. The maximum absolute atomic E-state index is 12.6. The molecule has 4 nitrogen and oxygen atoms in total. The zero-order chi connectivity index (χ0) is 14.1. The molecule has 2 fully saturated rings. The minimum Gasteiger partial charge on any atom is -0.457 e. The number of rotatable bonds is 3. The molecule has 0 bridgehead atoms. The molecule has 2 saturated heterocycles. The highest BCUT2D eigenvalue weighted by Gasteiger charge is 2.39. The predicted molar refractivity (Wildman–Crippen MR) is 80.7 cm³/mol. The number of furan rings is 1. The first-order valence-electron chi connectivity index (χ1n) is 7.49. The van der Waals surface area contributed by atoms with Crippen LogP contribution in [0.5, 0.6) is 0 Å². The van der Waals surface area contributed by atoms with Crippen molar-refractivity contribution in [1.29, 1.82) is 0 Å². The second-order valence-electron chi connectivity index (χ2n) is 5.69. The first-order chi connectivity index (χ1) is 9.70. The van der Waals surface area contributed by atoms with Crippen molar-refractivity contribution >= 4 is 21.8 Å². The van der Waals surface area contributed by atoms with Crippen molar-refractivity contribution in [1.82, 2.24) is 9.80 Å². The van der Waals surface area contributed by atoms with Gasteiger partial charge in [0.25, 0.3) is 5.91 Å². The molecule has 110 valence electrons. The van der Waals surface area contributed by atoms with Crippen LogP contribution < -0.4 is 0 Å². The van der Waals surface area contributed by atoms with E-state index in [1.54, 1.807) is 12.3 Å². The quantitative estimate of drug-likeness (QED) is 0.848. The lowest BCUT2D eigenvalue weighted by Crippen LogP contribution is -2.48. The van der Waals surface area contributed by atoms with Gasteiger partial charge in [0.2, 0.25) is 0 Å². The van der Waals surface area contributed by atoms with E-state index < -0.39 is 0 Å². The molecule has 20 heavy (non-hydrogen) atoms. The van der Waals surface area contributed by atoms with E-state index in [0.717, 1.165) is 25.9 Å². The number of hydrogen-bond acceptors (Lipinski definition) is 3. The summed E-state index contributed by atoms with van der Waals surface area (Å²) < 4.78 is 5.83. The van der Waals surface area contributed by atoms with Crippen molar-refractivity contribution in [3.05, 3.63) is 22.6 Å². The van der Waals surface area contributed by atoms with Crippen molar-refractivity contribution < 1.29 is 9.21 Å². The minimum atomic E-state index is 0.116. The highest BCUT2D eigenvalue weighted by atomic mass is 79.9. The second kappa shape index (κ2) is 5.90. The summed E-state index contributed by atoms with van der Waals surface area (Å²) >= 11 is 3.27. The van der Waals surface area contributed by atoms with Gasteiger partial charge in [0, 0.05) is 24.7 Å². The van der Waals surface area contributed by atoms with Crippen molar-refractivity contribution in [2.24, 2.45) is 0 Å². The van der Waals surface area contributed by atoms with Gasteiger partial charge < -0.3 is 9.32 Å². The van der Waals surface area contributed by atoms with Gasteiger partial charge in [-0.05, 0) is 54.7 Å². The molecule has 5 heteroatoms. The van der Waals surface area contributed by atoms with Crippen LogP contribution >= 0.6 is 15.9 Å². The summed E-state index contributed by atoms with van der Waals surface area (Å²) in [5.41, 5.74) is 0.657. The van der Waals surface area contributed by atoms with E-state index in [1.165, 1.54) is 19.4 Å². The molecule has 2 aliphatic heterocycles. The van der Waals surface area contributed by atoms with Gasteiger partial charge in [0.15, 0.2) is 4.67 Å². The normalized spacial score (nSPS) is 27.4. The number of hydrogen-bond donors (Lipinski definition) is 0. The van der Waals surface area contributed by atoms with E-state index in [-0.39, 0.29) is 5.91 Å². The average Bonchev–Trinajstić information content (AvgIpc) is 3.16. The number of halogens is 1. The van der Waals surface area contributed by atoms with Crippen LogP contribution in [0.2, 0.25) is 0 Å². The smallest absolute Gasteiger partial charge is 0.257 e. The Bertz CT molecular complexity index is 488. The number of likely N-dealkylation sites (N-methyl/N-ethyl adjacent to an activating group) is 1. The lowest BCUT2D eigenvalue weighted by Gasteiger charge is -2.34. The van der Waals surface area contributed by atoms with Gasteiger partial charge in [-0.3, -0.25) is 9.69 Å². The molecule has 0 radical (unpaired) electrons. The van der Waals surface area contributed by atoms with Crippen molar-refractivity contribution in [2.75, 3.05) is 19.6 Å². The van der Waals surface area contributed by atoms with Crippen LogP contribution in [0.3, 0.4) is 0 Å². The molecule has 1 aromatic heterocycles. The van der Waals surface area contributed by atoms with E-state index in [0.29, 0.717) is 22.3 Å². The molecule has 0 aromatic carbocycles. The zero-order valence-electron chi connectivity index (χ0n) is 11.8. The van der Waals surface area contributed by atoms with Gasteiger partial charge in [-0.15, -0.1) is 0 Å². The molecule has 3 rings (SSSR count). The summed E-state index contributed by atoms with van der Waals surface area (Å²) in [4.78, 5) is 17.2. The second-order valence-corrected chi connectivity index (χ2v) is 6.47. The minimum absolute atomic E-state index is 0.116. The molecular weight excluding hydrogens is 320 g/mol. The summed E-state index contributed by atoms with van der Waals surface area (Å²) in [6.45, 7) is 5.35. The van der Waals surface area contributed by atoms with E-state index in [1.807, 2.05) is 0 Å². The Labute approximate surface area is 128 Å². The first-order valence-corrected chi connectivity index (χ1v) is 8.29. The van der Waals surface area contributed by atoms with E-state index in [9.17, 15) is 4.79 Å². The van der Waals surface area contributed by atoms with E-state index >= 15 is 0 Å². The highest BCUT2D eigenvalue weighted by Crippen LogP contribution is 2.31. The van der Waals surface area contributed by atoms with Crippen molar-refractivity contribution in [3.63, 3.8) is 0 Å². The average molecular weight is 341 g/mol. The molecule has 0 spiro atoms. The standard InChI is InChI=1S/C15H21BrN2O2/c1-2-17-7-3-5-12(17)13-6-4-8-18(13)15(19)11-9-14(16)20-10-11/h9-10,12-13H,2-8H2,1H3. The highest BCUT2D eigenvalue weighted by molar-refractivity contribution is 9.10. The van der Waals surface area contributed by atoms with Crippen LogP contribution in [0, 0.1) is 0 Å². The van der Waals surface area contributed by atoms with Crippen LogP contribution in [-0.4, -0.2) is 47.4 Å². The molecule has 1 amide bonds. The SMILES string of the molecule is CCN1CCCC1C1CCCN1C(=O)c1coc(Br)c1. The molecule has 0 saturated carbocycles. The van der Waals surface area contributed by atoms with Gasteiger partial charge in [-0.2, -0.15) is 0 Å². The topological polar surface area (TPSA) is 36.7 Å². The maximum atomic E-state index is 12.6. The molecular formula is C15H21BrN2O2. The van der Waals surface area contributed by atoms with Gasteiger partial charge in [-0.25, -0.2) is 0 Å². The molecule has 0 N–H and O–H groups in total. The molecule has 2 unspecified atom stereocenters. The Kier molecular flexibility index (Phi) is 4.17. The Balaban J connectivity index is 1.77. The Morgan fingerprint density at radius 3 is 2.80 bits per heavy atom. The number of carbonyl (C=O) groups excluding carboxylic acids is 1. The van der Waals surface area contributed by atoms with Gasteiger partial charge in [0.05, 0.1) is 5.56 Å². The molecule has 1 aromatic rings. The third kappa shape index (κ3) is 2.53. The third-order valence-corrected chi connectivity index (χ3v) is 5.05. The Hall–Kier alpha value is -0.810. The monoisotopic (exact) mass is 340 g/mol. The Morgan fingerprint density at radius 1 is 1.35 bits per heavy atom. The fourth-order valence-electron chi connectivity index (χ4n) is 3.71. The molecule has 2 aliphatic rings. The molecule has 0 aliphatic carbocycles. The summed E-state index contributed by atoms with van der Waals surface area (Å²) in [6.07, 6.45) is 6.27. The van der Waals surface area contributed by atoms with Gasteiger partial charge in [0.1, 0.15) is 6.26 Å². The summed E-state index contributed by atoms with van der Waals surface area (Å²) in [5.74, 6) is 0.116. The van der Waals surface area contributed by atoms with Crippen LogP contribution in [0.25, 0.3) is 0 Å². The van der Waals surface area contributed by atoms with E-state index in [2.05, 4.69) is 32.7 Å². The number of likely N-dealkylation sites (tertiary alicyclic amines) is 2. The van der Waals surface area contributed by atoms with Crippen LogP contribution in [0.15, 0.2) is 21.4 Å². The molecule has 2 atom stereocenters.